The molecule has 1 aromatic rings. The minimum absolute atomic E-state index is 0.128. The van der Waals surface area contributed by atoms with E-state index in [9.17, 15) is 0 Å². The highest BCUT2D eigenvalue weighted by molar-refractivity contribution is 5.33. The first-order valence-electron chi connectivity index (χ1n) is 4.39. The number of hydrogen-bond donors (Lipinski definition) is 2. The molecule has 1 rings (SSSR count). The summed E-state index contributed by atoms with van der Waals surface area (Å²) >= 11 is 0. The molecule has 0 saturated heterocycles. The van der Waals surface area contributed by atoms with Crippen molar-refractivity contribution in [3.63, 3.8) is 0 Å². The first kappa shape index (κ1) is 9.92. The molecule has 4 heteroatoms. The molecule has 0 amide bonds. The van der Waals surface area contributed by atoms with Gasteiger partial charge < -0.3 is 11.1 Å². The van der Waals surface area contributed by atoms with E-state index in [-0.39, 0.29) is 6.04 Å². The van der Waals surface area contributed by atoms with Gasteiger partial charge in [0.05, 0.1) is 17.6 Å². The van der Waals surface area contributed by atoms with E-state index in [0.29, 0.717) is 0 Å². The highest BCUT2D eigenvalue weighted by Gasteiger charge is 1.99. The average Bonchev–Trinajstić information content (AvgIpc) is 2.07. The molecule has 0 spiro atoms. The van der Waals surface area contributed by atoms with Gasteiger partial charge in [-0.05, 0) is 20.8 Å². The van der Waals surface area contributed by atoms with Crippen molar-refractivity contribution in [1.29, 1.82) is 0 Å². The Morgan fingerprint density at radius 1 is 1.46 bits per heavy atom. The molecule has 4 nitrogen and oxygen atoms in total. The fourth-order valence-corrected chi connectivity index (χ4v) is 0.893. The standard InChI is InChI=1S/C9H16N4/c1-6(10)4-12-9-5-11-7(2)8(3)13-9/h5-6H,4,10H2,1-3H3,(H,12,13). The van der Waals surface area contributed by atoms with E-state index in [1.165, 1.54) is 0 Å². The Bertz CT molecular complexity index is 283. The van der Waals surface area contributed by atoms with Crippen LogP contribution < -0.4 is 11.1 Å². The number of anilines is 1. The Hall–Kier alpha value is -1.16. The van der Waals surface area contributed by atoms with Gasteiger partial charge in [-0.1, -0.05) is 0 Å². The zero-order valence-corrected chi connectivity index (χ0v) is 8.33. The van der Waals surface area contributed by atoms with Crippen molar-refractivity contribution in [2.45, 2.75) is 26.8 Å². The van der Waals surface area contributed by atoms with E-state index in [2.05, 4.69) is 15.3 Å². The lowest BCUT2D eigenvalue weighted by atomic mass is 10.3. The summed E-state index contributed by atoms with van der Waals surface area (Å²) < 4.78 is 0. The van der Waals surface area contributed by atoms with Gasteiger partial charge in [-0.2, -0.15) is 0 Å². The van der Waals surface area contributed by atoms with Crippen LogP contribution in [-0.4, -0.2) is 22.6 Å². The van der Waals surface area contributed by atoms with Gasteiger partial charge in [0.15, 0.2) is 0 Å². The molecule has 1 aromatic heterocycles. The average molecular weight is 180 g/mol. The summed E-state index contributed by atoms with van der Waals surface area (Å²) in [6, 6.07) is 0.128. The molecule has 1 heterocycles. The molecule has 0 radical (unpaired) electrons. The third-order valence-electron chi connectivity index (χ3n) is 1.80. The summed E-state index contributed by atoms with van der Waals surface area (Å²) in [7, 11) is 0. The van der Waals surface area contributed by atoms with E-state index in [1.807, 2.05) is 20.8 Å². The third kappa shape index (κ3) is 2.99. The molecule has 0 aliphatic carbocycles. The lowest BCUT2D eigenvalue weighted by molar-refractivity contribution is 0.775. The highest BCUT2D eigenvalue weighted by Crippen LogP contribution is 2.04. The Balaban J connectivity index is 2.63. The summed E-state index contributed by atoms with van der Waals surface area (Å²) in [5.41, 5.74) is 7.52. The Labute approximate surface area is 78.6 Å². The second-order valence-corrected chi connectivity index (χ2v) is 3.28. The fourth-order valence-electron chi connectivity index (χ4n) is 0.893. The molecule has 0 fully saturated rings. The number of aryl methyl sites for hydroxylation is 2. The van der Waals surface area contributed by atoms with Crippen molar-refractivity contribution in [1.82, 2.24) is 9.97 Å². The molecule has 1 atom stereocenters. The van der Waals surface area contributed by atoms with Crippen LogP contribution in [0.3, 0.4) is 0 Å². The van der Waals surface area contributed by atoms with Crippen LogP contribution in [0.2, 0.25) is 0 Å². The summed E-state index contributed by atoms with van der Waals surface area (Å²) in [6.07, 6.45) is 1.73. The van der Waals surface area contributed by atoms with Gasteiger partial charge in [0.2, 0.25) is 0 Å². The number of hydrogen-bond acceptors (Lipinski definition) is 4. The van der Waals surface area contributed by atoms with Crippen LogP contribution in [0.4, 0.5) is 5.82 Å². The number of nitrogens with one attached hydrogen (secondary N) is 1. The number of nitrogens with two attached hydrogens (primary N) is 1. The van der Waals surface area contributed by atoms with Crippen molar-refractivity contribution in [3.05, 3.63) is 17.6 Å². The van der Waals surface area contributed by atoms with Crippen molar-refractivity contribution in [3.8, 4) is 0 Å². The van der Waals surface area contributed by atoms with E-state index in [0.717, 1.165) is 23.8 Å². The van der Waals surface area contributed by atoms with E-state index in [4.69, 9.17) is 5.73 Å². The predicted molar refractivity (Wildman–Crippen MR) is 53.6 cm³/mol. The van der Waals surface area contributed by atoms with Crippen LogP contribution in [0.1, 0.15) is 18.3 Å². The summed E-state index contributed by atoms with van der Waals surface area (Å²) in [5.74, 6) is 0.792. The van der Waals surface area contributed by atoms with Crippen molar-refractivity contribution >= 4 is 5.82 Å². The molecule has 0 aromatic carbocycles. The highest BCUT2D eigenvalue weighted by atomic mass is 15.0. The van der Waals surface area contributed by atoms with Crippen LogP contribution in [-0.2, 0) is 0 Å². The lowest BCUT2D eigenvalue weighted by Crippen LogP contribution is -2.25. The maximum Gasteiger partial charge on any atom is 0.144 e. The van der Waals surface area contributed by atoms with Crippen LogP contribution in [0.5, 0.6) is 0 Å². The first-order valence-corrected chi connectivity index (χ1v) is 4.39. The molecular weight excluding hydrogens is 164 g/mol. The summed E-state index contributed by atoms with van der Waals surface area (Å²) in [4.78, 5) is 8.51. The monoisotopic (exact) mass is 180 g/mol. The Morgan fingerprint density at radius 2 is 2.15 bits per heavy atom. The van der Waals surface area contributed by atoms with Gasteiger partial charge in [-0.3, -0.25) is 4.98 Å². The molecule has 0 bridgehead atoms. The number of aromatic nitrogens is 2. The smallest absolute Gasteiger partial charge is 0.144 e. The molecular formula is C9H16N4. The first-order chi connectivity index (χ1) is 6.09. The van der Waals surface area contributed by atoms with Gasteiger partial charge in [-0.15, -0.1) is 0 Å². The minimum atomic E-state index is 0.128. The van der Waals surface area contributed by atoms with Crippen LogP contribution >= 0.6 is 0 Å². The van der Waals surface area contributed by atoms with Crippen LogP contribution in [0.25, 0.3) is 0 Å². The van der Waals surface area contributed by atoms with Gasteiger partial charge in [0.1, 0.15) is 5.82 Å². The molecule has 72 valence electrons. The number of nitrogens with zero attached hydrogens (tertiary/aromatic N) is 2. The third-order valence-corrected chi connectivity index (χ3v) is 1.80. The molecule has 13 heavy (non-hydrogen) atoms. The normalized spacial score (nSPS) is 12.6. The van der Waals surface area contributed by atoms with Gasteiger partial charge >= 0.3 is 0 Å². The van der Waals surface area contributed by atoms with E-state index >= 15 is 0 Å². The van der Waals surface area contributed by atoms with E-state index < -0.39 is 0 Å². The summed E-state index contributed by atoms with van der Waals surface area (Å²) in [5, 5.41) is 3.11. The topological polar surface area (TPSA) is 63.8 Å². The summed E-state index contributed by atoms with van der Waals surface area (Å²) in [6.45, 7) is 6.55. The zero-order valence-electron chi connectivity index (χ0n) is 8.33. The molecule has 1 unspecified atom stereocenters. The lowest BCUT2D eigenvalue weighted by Gasteiger charge is -2.08. The maximum absolute atomic E-state index is 5.60. The van der Waals surface area contributed by atoms with Gasteiger partial charge in [-0.25, -0.2) is 4.98 Å². The fraction of sp³-hybridized carbons (Fsp3) is 0.556. The van der Waals surface area contributed by atoms with Crippen LogP contribution in [0.15, 0.2) is 6.20 Å². The molecule has 0 aliphatic rings. The largest absolute Gasteiger partial charge is 0.367 e. The maximum atomic E-state index is 5.60. The Morgan fingerprint density at radius 3 is 2.69 bits per heavy atom. The van der Waals surface area contributed by atoms with E-state index in [1.54, 1.807) is 6.20 Å². The SMILES string of the molecule is Cc1ncc(NCC(C)N)nc1C. The Kier molecular flexibility index (Phi) is 3.19. The van der Waals surface area contributed by atoms with Gasteiger partial charge in [0, 0.05) is 12.6 Å². The van der Waals surface area contributed by atoms with Gasteiger partial charge in [0.25, 0.3) is 0 Å². The van der Waals surface area contributed by atoms with Crippen LogP contribution in [0, 0.1) is 13.8 Å². The number of rotatable bonds is 3. The second kappa shape index (κ2) is 4.18. The van der Waals surface area contributed by atoms with Crippen molar-refractivity contribution in [2.24, 2.45) is 5.73 Å². The quantitative estimate of drug-likeness (QED) is 0.724. The minimum Gasteiger partial charge on any atom is -0.367 e. The molecule has 0 aliphatic heterocycles. The zero-order chi connectivity index (χ0) is 9.84. The molecule has 3 N–H and O–H groups in total. The van der Waals surface area contributed by atoms with Crippen molar-refractivity contribution < 1.29 is 0 Å². The second-order valence-electron chi connectivity index (χ2n) is 3.28. The molecule has 0 saturated carbocycles. The van der Waals surface area contributed by atoms with Crippen molar-refractivity contribution in [2.75, 3.05) is 11.9 Å². The predicted octanol–water partition coefficient (Wildman–Crippen LogP) is 0.853.